The number of hydrogen-bond acceptors (Lipinski definition) is 7. The van der Waals surface area contributed by atoms with Crippen LogP contribution in [0.2, 0.25) is 0 Å². The zero-order valence-corrected chi connectivity index (χ0v) is 29.0. The summed E-state index contributed by atoms with van der Waals surface area (Å²) in [5, 5.41) is 0. The number of carbonyl (C=O) groups is 1. The number of ketones is 1. The largest absolute Gasteiger partial charge is 0.494 e. The van der Waals surface area contributed by atoms with Gasteiger partial charge >= 0.3 is 12.1 Å². The molecule has 49 heavy (non-hydrogen) atoms. The number of benzene rings is 2. The van der Waals surface area contributed by atoms with E-state index in [1.165, 1.54) is 11.8 Å². The number of allylic oxidation sites excluding steroid dienone is 2. The van der Waals surface area contributed by atoms with Crippen LogP contribution in [0.1, 0.15) is 62.5 Å². The lowest BCUT2D eigenvalue weighted by Crippen LogP contribution is -2.41. The quantitative estimate of drug-likeness (QED) is 0.0818. The Bertz CT molecular complexity index is 1440. The van der Waals surface area contributed by atoms with Crippen molar-refractivity contribution in [1.82, 2.24) is 0 Å². The van der Waals surface area contributed by atoms with Gasteiger partial charge in [-0.15, -0.1) is 0 Å². The topological polar surface area (TPSA) is 63.2 Å². The highest BCUT2D eigenvalue weighted by atomic mass is 32.2. The summed E-state index contributed by atoms with van der Waals surface area (Å²) in [4.78, 5) is 13.4. The molecular weight excluding hydrogens is 667 g/mol. The summed E-state index contributed by atoms with van der Waals surface area (Å²) in [6.45, 7) is 3.46. The number of alkyl halides is 5. The van der Waals surface area contributed by atoms with E-state index in [1.54, 1.807) is 14.2 Å². The maximum Gasteiger partial charge on any atom is 0.453 e. The zero-order valence-electron chi connectivity index (χ0n) is 28.2. The van der Waals surface area contributed by atoms with Crippen molar-refractivity contribution in [1.29, 1.82) is 0 Å². The maximum absolute atomic E-state index is 13.4. The molecule has 1 aliphatic heterocycles. The minimum absolute atomic E-state index is 0.00900. The Hall–Kier alpha value is -3.09. The van der Waals surface area contributed by atoms with Crippen LogP contribution in [0.3, 0.4) is 0 Å². The van der Waals surface area contributed by atoms with Crippen molar-refractivity contribution in [2.45, 2.75) is 69.9 Å². The van der Waals surface area contributed by atoms with E-state index in [0.29, 0.717) is 37.7 Å². The van der Waals surface area contributed by atoms with Gasteiger partial charge in [0.2, 0.25) is 0 Å². The molecule has 2 atom stereocenters. The van der Waals surface area contributed by atoms with Crippen LogP contribution in [0.4, 0.5) is 22.0 Å². The van der Waals surface area contributed by atoms with E-state index in [1.807, 2.05) is 54.6 Å². The number of rotatable bonds is 19. The van der Waals surface area contributed by atoms with E-state index < -0.39 is 23.9 Å². The van der Waals surface area contributed by atoms with E-state index >= 15 is 0 Å². The maximum atomic E-state index is 13.4. The lowest BCUT2D eigenvalue weighted by Gasteiger charge is -2.44. The van der Waals surface area contributed by atoms with Crippen LogP contribution < -0.4 is 14.2 Å². The van der Waals surface area contributed by atoms with Gasteiger partial charge < -0.3 is 23.7 Å². The summed E-state index contributed by atoms with van der Waals surface area (Å²) < 4.78 is 91.1. The number of thioether (sulfide) groups is 1. The Morgan fingerprint density at radius 1 is 0.918 bits per heavy atom. The van der Waals surface area contributed by atoms with Gasteiger partial charge in [-0.05, 0) is 78.5 Å². The van der Waals surface area contributed by atoms with Crippen LogP contribution in [0.25, 0.3) is 0 Å². The minimum Gasteiger partial charge on any atom is -0.494 e. The number of Topliss-reactive ketones (excluding diaryl/α,β-unsaturated/α-hetero) is 1. The second-order valence-corrected chi connectivity index (χ2v) is 13.8. The number of methoxy groups -OCH3 is 2. The van der Waals surface area contributed by atoms with Gasteiger partial charge in [0.1, 0.15) is 17.2 Å². The van der Waals surface area contributed by atoms with Crippen molar-refractivity contribution in [2.75, 3.05) is 52.3 Å². The molecule has 0 aromatic heterocycles. The van der Waals surface area contributed by atoms with Crippen molar-refractivity contribution < 1.29 is 50.4 Å². The SMILES string of the molecule is COCOc1ccc2c(c1)OCC(C)(C1=CC=C(COC)CC1=O)C2CCCOc1ccc(CCCSCCCC(F)(F)C(F)(F)F)cc1. The molecule has 0 amide bonds. The van der Waals surface area contributed by atoms with Crippen molar-refractivity contribution in [3.8, 4) is 17.2 Å². The van der Waals surface area contributed by atoms with E-state index in [-0.39, 0.29) is 30.7 Å². The third-order valence-electron chi connectivity index (χ3n) is 8.90. The molecule has 4 rings (SSSR count). The fraction of sp³-hybridized carbons (Fsp3) is 0.541. The molecule has 0 bridgehead atoms. The average Bonchev–Trinajstić information content (AvgIpc) is 3.06. The number of aryl methyl sites for hydroxylation is 1. The first kappa shape index (κ1) is 38.7. The smallest absolute Gasteiger partial charge is 0.453 e. The van der Waals surface area contributed by atoms with Gasteiger partial charge in [0.15, 0.2) is 12.6 Å². The first-order chi connectivity index (χ1) is 23.4. The molecule has 0 N–H and O–H groups in total. The summed E-state index contributed by atoms with van der Waals surface area (Å²) in [6.07, 6.45) is 0.433. The molecule has 0 radical (unpaired) electrons. The van der Waals surface area contributed by atoms with Gasteiger partial charge in [-0.1, -0.05) is 37.3 Å². The van der Waals surface area contributed by atoms with E-state index in [4.69, 9.17) is 23.7 Å². The first-order valence-corrected chi connectivity index (χ1v) is 17.6. The fourth-order valence-corrected chi connectivity index (χ4v) is 7.15. The highest BCUT2D eigenvalue weighted by Crippen LogP contribution is 2.52. The standard InChI is InChI=1S/C37H45F5O6S/c1-35(32-16-11-27(23-44-2)21-33(32)43)24-47-34-22-29(48-25-45-3)14-15-30(34)31(35)8-4-18-46-28-12-9-26(10-13-28)7-5-19-49-20-6-17-36(38,39)37(40,41)42/h9-16,22,31H,4-8,17-21,23-25H2,1-3H3. The summed E-state index contributed by atoms with van der Waals surface area (Å²) in [7, 11) is 3.18. The predicted molar refractivity (Wildman–Crippen MR) is 180 cm³/mol. The second kappa shape index (κ2) is 17.7. The molecule has 0 saturated carbocycles. The van der Waals surface area contributed by atoms with Crippen molar-refractivity contribution in [3.63, 3.8) is 0 Å². The molecule has 2 aromatic carbocycles. The van der Waals surface area contributed by atoms with Gasteiger partial charge in [-0.3, -0.25) is 4.79 Å². The third-order valence-corrected chi connectivity index (χ3v) is 10.1. The van der Waals surface area contributed by atoms with Crippen molar-refractivity contribution in [3.05, 3.63) is 76.9 Å². The normalized spacial score (nSPS) is 19.5. The van der Waals surface area contributed by atoms with E-state index in [0.717, 1.165) is 59.5 Å². The van der Waals surface area contributed by atoms with Crippen LogP contribution >= 0.6 is 11.8 Å². The minimum atomic E-state index is -5.49. The zero-order chi connectivity index (χ0) is 35.5. The third kappa shape index (κ3) is 10.5. The second-order valence-electron chi connectivity index (χ2n) is 12.6. The highest BCUT2D eigenvalue weighted by molar-refractivity contribution is 7.99. The lowest BCUT2D eigenvalue weighted by atomic mass is 9.64. The predicted octanol–water partition coefficient (Wildman–Crippen LogP) is 9.13. The number of carbonyl (C=O) groups excluding carboxylic acids is 1. The molecule has 12 heteroatoms. The highest BCUT2D eigenvalue weighted by Gasteiger charge is 2.56. The van der Waals surface area contributed by atoms with E-state index in [9.17, 15) is 26.7 Å². The number of halogens is 5. The molecule has 1 heterocycles. The van der Waals surface area contributed by atoms with Gasteiger partial charge in [0.25, 0.3) is 0 Å². The molecule has 2 aliphatic rings. The van der Waals surface area contributed by atoms with Crippen LogP contribution in [0.5, 0.6) is 17.2 Å². The summed E-state index contributed by atoms with van der Waals surface area (Å²) >= 11 is 1.39. The Morgan fingerprint density at radius 3 is 2.35 bits per heavy atom. The molecule has 0 fully saturated rings. The summed E-state index contributed by atoms with van der Waals surface area (Å²) in [6, 6.07) is 13.5. The van der Waals surface area contributed by atoms with Crippen LogP contribution in [-0.4, -0.2) is 70.2 Å². The Morgan fingerprint density at radius 2 is 1.65 bits per heavy atom. The fourth-order valence-electron chi connectivity index (χ4n) is 6.25. The molecule has 2 unspecified atom stereocenters. The van der Waals surface area contributed by atoms with Gasteiger partial charge in [0.05, 0.1) is 19.8 Å². The molecule has 0 saturated heterocycles. The number of hydrogen-bond donors (Lipinski definition) is 0. The van der Waals surface area contributed by atoms with Crippen molar-refractivity contribution in [2.24, 2.45) is 5.41 Å². The van der Waals surface area contributed by atoms with Crippen LogP contribution in [0.15, 0.2) is 65.8 Å². The molecule has 2 aromatic rings. The summed E-state index contributed by atoms with van der Waals surface area (Å²) in [5.41, 5.74) is 3.25. The average molecular weight is 713 g/mol. The van der Waals surface area contributed by atoms with Crippen molar-refractivity contribution >= 4 is 17.5 Å². The monoisotopic (exact) mass is 712 g/mol. The lowest BCUT2D eigenvalue weighted by molar-refractivity contribution is -0.284. The Balaban J connectivity index is 1.30. The molecule has 270 valence electrons. The van der Waals surface area contributed by atoms with Crippen LogP contribution in [0, 0.1) is 5.41 Å². The Labute approximate surface area is 289 Å². The van der Waals surface area contributed by atoms with E-state index in [2.05, 4.69) is 6.92 Å². The number of fused-ring (bicyclic) bond motifs is 1. The summed E-state index contributed by atoms with van der Waals surface area (Å²) in [5.74, 6) is -1.51. The van der Waals surface area contributed by atoms with Gasteiger partial charge in [0, 0.05) is 50.0 Å². The Kier molecular flexibility index (Phi) is 14.0. The molecule has 6 nitrogen and oxygen atoms in total. The van der Waals surface area contributed by atoms with Crippen LogP contribution in [-0.2, 0) is 20.7 Å². The first-order valence-electron chi connectivity index (χ1n) is 16.4. The van der Waals surface area contributed by atoms with Gasteiger partial charge in [-0.25, -0.2) is 0 Å². The molecule has 0 spiro atoms. The molecule has 1 aliphatic carbocycles. The molecular formula is C37H45F5O6S. The van der Waals surface area contributed by atoms with Gasteiger partial charge in [-0.2, -0.15) is 33.7 Å². The number of ether oxygens (including phenoxy) is 5.